The number of nitrogens with zero attached hydrogens (tertiary/aromatic N) is 1. The van der Waals surface area contributed by atoms with Crippen molar-refractivity contribution in [2.45, 2.75) is 39.5 Å². The van der Waals surface area contributed by atoms with Gasteiger partial charge in [0.25, 0.3) is 0 Å². The normalized spacial score (nSPS) is 12.2. The Bertz CT molecular complexity index is 628. The van der Waals surface area contributed by atoms with E-state index in [0.717, 1.165) is 19.3 Å². The van der Waals surface area contributed by atoms with Crippen molar-refractivity contribution in [3.8, 4) is 5.75 Å². The lowest BCUT2D eigenvalue weighted by Gasteiger charge is -2.01. The fourth-order valence-corrected chi connectivity index (χ4v) is 2.16. The summed E-state index contributed by atoms with van der Waals surface area (Å²) in [7, 11) is 0. The second-order valence-electron chi connectivity index (χ2n) is 5.21. The quantitative estimate of drug-likeness (QED) is 0.285. The molecule has 0 atom stereocenters. The topological polar surface area (TPSA) is 66.7 Å². The molecule has 0 spiro atoms. The number of phenols is 1. The van der Waals surface area contributed by atoms with Crippen LogP contribution in [0.5, 0.6) is 5.75 Å². The number of ketones is 1. The number of rotatable bonds is 9. The van der Waals surface area contributed by atoms with Gasteiger partial charge < -0.3 is 5.11 Å². The number of hydrogen-bond acceptors (Lipinski definition) is 4. The molecule has 0 bridgehead atoms. The number of phenolic OH excluding ortho intramolecular Hbond substituents is 1. The summed E-state index contributed by atoms with van der Waals surface area (Å²) in [5, 5.41) is 12.2. The molecule has 0 aromatic heterocycles. The van der Waals surface area contributed by atoms with E-state index in [-0.39, 0.29) is 17.2 Å². The lowest BCUT2D eigenvalue weighted by atomic mass is 10.0. The van der Waals surface area contributed by atoms with Gasteiger partial charge >= 0.3 is 0 Å². The minimum atomic E-state index is -0.183. The summed E-state index contributed by atoms with van der Waals surface area (Å²) in [6.45, 7) is 4.01. The summed E-state index contributed by atoms with van der Waals surface area (Å²) >= 11 is 0. The molecule has 0 fully saturated rings. The summed E-state index contributed by atoms with van der Waals surface area (Å²) in [5.74, 6) is -0.132. The molecule has 1 aromatic carbocycles. The van der Waals surface area contributed by atoms with Gasteiger partial charge in [0.15, 0.2) is 5.78 Å². The maximum atomic E-state index is 11.8. The van der Waals surface area contributed by atoms with Crippen molar-refractivity contribution in [3.63, 3.8) is 0 Å². The van der Waals surface area contributed by atoms with Gasteiger partial charge in [-0.2, -0.15) is 0 Å². The molecule has 0 aliphatic rings. The third-order valence-electron chi connectivity index (χ3n) is 3.45. The van der Waals surface area contributed by atoms with E-state index in [1.807, 2.05) is 19.9 Å². The van der Waals surface area contributed by atoms with Gasteiger partial charge in [0, 0.05) is 6.42 Å². The zero-order valence-corrected chi connectivity index (χ0v) is 13.7. The molecule has 4 nitrogen and oxygen atoms in total. The second kappa shape index (κ2) is 10.3. The van der Waals surface area contributed by atoms with E-state index in [9.17, 15) is 14.8 Å². The van der Waals surface area contributed by atoms with Crippen LogP contribution in [-0.4, -0.2) is 10.9 Å². The fourth-order valence-electron chi connectivity index (χ4n) is 2.16. The Labute approximate surface area is 137 Å². The SMILES string of the molecule is C/C=C\C(=C/C)CCCCC(=O)/C=C/c1ccc(N=O)c(O)c1. The first-order chi connectivity index (χ1) is 11.1. The fraction of sp³-hybridized carbons (Fsp3) is 0.316. The molecule has 0 saturated carbocycles. The Morgan fingerprint density at radius 1 is 1.17 bits per heavy atom. The third-order valence-corrected chi connectivity index (χ3v) is 3.45. The Kier molecular flexibility index (Phi) is 8.29. The molecule has 0 radical (unpaired) electrons. The predicted molar refractivity (Wildman–Crippen MR) is 94.6 cm³/mol. The first-order valence-corrected chi connectivity index (χ1v) is 7.76. The van der Waals surface area contributed by atoms with E-state index < -0.39 is 0 Å². The van der Waals surface area contributed by atoms with Crippen molar-refractivity contribution < 1.29 is 9.90 Å². The maximum absolute atomic E-state index is 11.8. The Morgan fingerprint density at radius 3 is 2.52 bits per heavy atom. The second-order valence-corrected chi connectivity index (χ2v) is 5.21. The van der Waals surface area contributed by atoms with Crippen molar-refractivity contribution in [1.82, 2.24) is 0 Å². The Balaban J connectivity index is 2.41. The highest BCUT2D eigenvalue weighted by Gasteiger charge is 2.02. The van der Waals surface area contributed by atoms with Crippen LogP contribution in [-0.2, 0) is 4.79 Å². The molecule has 0 unspecified atom stereocenters. The van der Waals surface area contributed by atoms with Crippen molar-refractivity contribution in [3.05, 3.63) is 58.5 Å². The van der Waals surface area contributed by atoms with Crippen LogP contribution >= 0.6 is 0 Å². The molecule has 1 aromatic rings. The molecule has 23 heavy (non-hydrogen) atoms. The van der Waals surface area contributed by atoms with Crippen molar-refractivity contribution in [2.75, 3.05) is 0 Å². The third kappa shape index (κ3) is 6.87. The van der Waals surface area contributed by atoms with E-state index in [0.29, 0.717) is 12.0 Å². The Morgan fingerprint density at radius 2 is 1.91 bits per heavy atom. The molecule has 122 valence electrons. The molecule has 0 aliphatic heterocycles. The lowest BCUT2D eigenvalue weighted by molar-refractivity contribution is -0.114. The van der Waals surface area contributed by atoms with Gasteiger partial charge in [0.05, 0.1) is 0 Å². The largest absolute Gasteiger partial charge is 0.506 e. The Hall–Kier alpha value is -2.49. The van der Waals surface area contributed by atoms with Gasteiger partial charge in [-0.1, -0.05) is 35.9 Å². The predicted octanol–water partition coefficient (Wildman–Crippen LogP) is 5.46. The highest BCUT2D eigenvalue weighted by molar-refractivity contribution is 5.93. The first-order valence-electron chi connectivity index (χ1n) is 7.76. The number of unbranched alkanes of at least 4 members (excludes halogenated alkanes) is 1. The van der Waals surface area contributed by atoms with Gasteiger partial charge in [-0.05, 0) is 62.1 Å². The molecule has 1 N–H and O–H groups in total. The molecular formula is C19H23NO3. The van der Waals surface area contributed by atoms with Crippen LogP contribution in [0.2, 0.25) is 0 Å². The van der Waals surface area contributed by atoms with Gasteiger partial charge in [-0.15, -0.1) is 4.91 Å². The monoisotopic (exact) mass is 313 g/mol. The van der Waals surface area contributed by atoms with Gasteiger partial charge in [0.2, 0.25) is 0 Å². The van der Waals surface area contributed by atoms with E-state index >= 15 is 0 Å². The zero-order chi connectivity index (χ0) is 17.1. The van der Waals surface area contributed by atoms with Crippen LogP contribution in [0, 0.1) is 4.91 Å². The number of benzene rings is 1. The number of nitroso groups, excluding NO2 is 1. The van der Waals surface area contributed by atoms with Crippen molar-refractivity contribution in [2.24, 2.45) is 5.18 Å². The molecule has 0 amide bonds. The van der Waals surface area contributed by atoms with Gasteiger partial charge in [-0.25, -0.2) is 0 Å². The number of allylic oxidation sites excluding steroid dienone is 5. The molecule has 0 aliphatic carbocycles. The minimum Gasteiger partial charge on any atom is -0.506 e. The van der Waals surface area contributed by atoms with Crippen LogP contribution in [0.15, 0.2) is 53.3 Å². The molecule has 4 heteroatoms. The first kappa shape index (κ1) is 18.6. The number of aromatic hydroxyl groups is 1. The summed E-state index contributed by atoms with van der Waals surface area (Å²) < 4.78 is 0. The van der Waals surface area contributed by atoms with E-state index in [2.05, 4.69) is 17.3 Å². The summed E-state index contributed by atoms with van der Waals surface area (Å²) in [6, 6.07) is 4.47. The number of hydrogen-bond donors (Lipinski definition) is 1. The lowest BCUT2D eigenvalue weighted by Crippen LogP contribution is -1.92. The molecule has 0 saturated heterocycles. The standard InChI is InChI=1S/C19H23NO3/c1-3-7-15(4-2)8-5-6-9-17(21)12-10-16-11-13-18(20-23)19(22)14-16/h3-4,7,10-14,22H,5-6,8-9H2,1-2H3/b7-3-,12-10+,15-4+. The number of carbonyl (C=O) groups is 1. The molecular weight excluding hydrogens is 290 g/mol. The van der Waals surface area contributed by atoms with E-state index in [4.69, 9.17) is 0 Å². The maximum Gasteiger partial charge on any atom is 0.155 e. The van der Waals surface area contributed by atoms with Crippen LogP contribution in [0.1, 0.15) is 45.1 Å². The van der Waals surface area contributed by atoms with E-state index in [1.165, 1.54) is 23.8 Å². The van der Waals surface area contributed by atoms with E-state index in [1.54, 1.807) is 12.1 Å². The van der Waals surface area contributed by atoms with Crippen molar-refractivity contribution >= 4 is 17.5 Å². The average molecular weight is 313 g/mol. The molecule has 0 heterocycles. The highest BCUT2D eigenvalue weighted by Crippen LogP contribution is 2.27. The molecule has 1 rings (SSSR count). The summed E-state index contributed by atoms with van der Waals surface area (Å²) in [4.78, 5) is 22.2. The minimum absolute atomic E-state index is 0.00520. The van der Waals surface area contributed by atoms with Crippen LogP contribution < -0.4 is 0 Å². The summed E-state index contributed by atoms with van der Waals surface area (Å²) in [6.07, 6.45) is 12.6. The average Bonchev–Trinajstić information content (AvgIpc) is 2.55. The highest BCUT2D eigenvalue weighted by atomic mass is 16.3. The van der Waals surface area contributed by atoms with Crippen LogP contribution in [0.4, 0.5) is 5.69 Å². The van der Waals surface area contributed by atoms with Gasteiger partial charge in [-0.3, -0.25) is 4.79 Å². The smallest absolute Gasteiger partial charge is 0.155 e. The summed E-state index contributed by atoms with van der Waals surface area (Å²) in [5.41, 5.74) is 1.94. The van der Waals surface area contributed by atoms with Crippen LogP contribution in [0.3, 0.4) is 0 Å². The number of carbonyl (C=O) groups excluding carboxylic acids is 1. The van der Waals surface area contributed by atoms with Crippen molar-refractivity contribution in [1.29, 1.82) is 0 Å². The zero-order valence-electron chi connectivity index (χ0n) is 13.7. The van der Waals surface area contributed by atoms with Gasteiger partial charge in [0.1, 0.15) is 11.4 Å². The van der Waals surface area contributed by atoms with Crippen LogP contribution in [0.25, 0.3) is 6.08 Å².